The van der Waals surface area contributed by atoms with E-state index in [0.29, 0.717) is 19.6 Å². The Bertz CT molecular complexity index is 607. The molecule has 104 valence electrons. The molecule has 0 aliphatic carbocycles. The van der Waals surface area contributed by atoms with Crippen LogP contribution in [0.2, 0.25) is 0 Å². The Morgan fingerprint density at radius 1 is 1.58 bits per heavy atom. The summed E-state index contributed by atoms with van der Waals surface area (Å²) in [5, 5.41) is 0. The van der Waals surface area contributed by atoms with Crippen LogP contribution in [0, 0.1) is 3.57 Å². The molecule has 2 aliphatic rings. The fraction of sp³-hybridized carbons (Fsp3) is 0.545. The molecule has 1 aromatic heterocycles. The largest absolute Gasteiger partial charge is 0.486 e. The summed E-state index contributed by atoms with van der Waals surface area (Å²) >= 11 is 2.21. The first-order valence-electron chi connectivity index (χ1n) is 5.86. The second kappa shape index (κ2) is 4.74. The molecule has 0 amide bonds. The average molecular weight is 396 g/mol. The molecule has 19 heavy (non-hydrogen) atoms. The number of nitrogens with zero attached hydrogens (tertiary/aromatic N) is 2. The van der Waals surface area contributed by atoms with Crippen LogP contribution in [0.15, 0.2) is 12.3 Å². The van der Waals surface area contributed by atoms with Crippen molar-refractivity contribution in [2.45, 2.75) is 18.6 Å². The van der Waals surface area contributed by atoms with Gasteiger partial charge in [-0.2, -0.15) is 8.42 Å². The lowest BCUT2D eigenvalue weighted by Gasteiger charge is -2.32. The van der Waals surface area contributed by atoms with Crippen LogP contribution >= 0.6 is 22.6 Å². The van der Waals surface area contributed by atoms with Gasteiger partial charge >= 0.3 is 0 Å². The van der Waals surface area contributed by atoms with Crippen molar-refractivity contribution in [2.24, 2.45) is 0 Å². The number of ether oxygens (including phenoxy) is 1. The quantitative estimate of drug-likeness (QED) is 0.549. The number of anilines is 1. The van der Waals surface area contributed by atoms with E-state index in [1.54, 1.807) is 6.20 Å². The van der Waals surface area contributed by atoms with Crippen molar-refractivity contribution in [3.05, 3.63) is 15.8 Å². The van der Waals surface area contributed by atoms with Gasteiger partial charge in [0.1, 0.15) is 6.61 Å². The van der Waals surface area contributed by atoms with Gasteiger partial charge in [-0.3, -0.25) is 4.18 Å². The highest BCUT2D eigenvalue weighted by atomic mass is 127. The van der Waals surface area contributed by atoms with E-state index in [1.165, 1.54) is 0 Å². The SMILES string of the molecule is CS(=O)(=O)O[C@@H]1C[C@H]2COc3c(I)ccnc3N2C1. The lowest BCUT2D eigenvalue weighted by Crippen LogP contribution is -2.39. The van der Waals surface area contributed by atoms with E-state index in [2.05, 4.69) is 32.5 Å². The van der Waals surface area contributed by atoms with Gasteiger partial charge in [0.15, 0.2) is 11.6 Å². The van der Waals surface area contributed by atoms with Crippen molar-refractivity contribution in [3.8, 4) is 5.75 Å². The zero-order chi connectivity index (χ0) is 13.6. The van der Waals surface area contributed by atoms with Crippen LogP contribution in [0.1, 0.15) is 6.42 Å². The van der Waals surface area contributed by atoms with Gasteiger partial charge in [-0.15, -0.1) is 0 Å². The topological polar surface area (TPSA) is 68.7 Å². The average Bonchev–Trinajstić information content (AvgIpc) is 2.69. The molecule has 6 nitrogen and oxygen atoms in total. The van der Waals surface area contributed by atoms with E-state index in [-0.39, 0.29) is 12.1 Å². The fourth-order valence-corrected chi connectivity index (χ4v) is 3.73. The summed E-state index contributed by atoms with van der Waals surface area (Å²) in [6, 6.07) is 2.02. The van der Waals surface area contributed by atoms with Gasteiger partial charge in [0.2, 0.25) is 0 Å². The molecule has 0 saturated carbocycles. The number of fused-ring (bicyclic) bond motifs is 3. The van der Waals surface area contributed by atoms with Crippen molar-refractivity contribution in [3.63, 3.8) is 0 Å². The van der Waals surface area contributed by atoms with Crippen molar-refractivity contribution < 1.29 is 17.3 Å². The van der Waals surface area contributed by atoms with Crippen molar-refractivity contribution in [2.75, 3.05) is 24.3 Å². The minimum Gasteiger partial charge on any atom is -0.486 e. The molecule has 2 aliphatic heterocycles. The van der Waals surface area contributed by atoms with E-state index in [4.69, 9.17) is 8.92 Å². The maximum Gasteiger partial charge on any atom is 0.264 e. The Morgan fingerprint density at radius 3 is 3.11 bits per heavy atom. The summed E-state index contributed by atoms with van der Waals surface area (Å²) in [5.41, 5.74) is 0. The lowest BCUT2D eigenvalue weighted by atomic mass is 10.2. The third-order valence-electron chi connectivity index (χ3n) is 3.22. The van der Waals surface area contributed by atoms with E-state index in [1.807, 2.05) is 6.07 Å². The molecular formula is C11H13IN2O4S. The number of pyridine rings is 1. The zero-order valence-electron chi connectivity index (χ0n) is 10.2. The highest BCUT2D eigenvalue weighted by Crippen LogP contribution is 2.39. The number of hydrogen-bond donors (Lipinski definition) is 0. The minimum absolute atomic E-state index is 0.130. The molecule has 3 rings (SSSR count). The number of rotatable bonds is 2. The van der Waals surface area contributed by atoms with Gasteiger partial charge in [-0.25, -0.2) is 4.98 Å². The highest BCUT2D eigenvalue weighted by Gasteiger charge is 2.40. The molecule has 3 heterocycles. The second-order valence-corrected chi connectivity index (χ2v) is 7.48. The molecule has 0 unspecified atom stereocenters. The molecule has 1 saturated heterocycles. The first-order valence-corrected chi connectivity index (χ1v) is 8.76. The van der Waals surface area contributed by atoms with Crippen LogP contribution in [0.25, 0.3) is 0 Å². The van der Waals surface area contributed by atoms with Gasteiger partial charge in [0, 0.05) is 19.2 Å². The Morgan fingerprint density at radius 2 is 2.37 bits per heavy atom. The van der Waals surface area contributed by atoms with Crippen LogP contribution in [-0.2, 0) is 14.3 Å². The van der Waals surface area contributed by atoms with Crippen molar-refractivity contribution >= 4 is 38.5 Å². The predicted molar refractivity (Wildman–Crippen MR) is 77.9 cm³/mol. The van der Waals surface area contributed by atoms with Gasteiger partial charge in [-0.05, 0) is 28.7 Å². The summed E-state index contributed by atoms with van der Waals surface area (Å²) in [5.74, 6) is 1.56. The van der Waals surface area contributed by atoms with Gasteiger partial charge in [-0.1, -0.05) is 0 Å². The third-order valence-corrected chi connectivity index (χ3v) is 4.69. The maximum absolute atomic E-state index is 11.2. The van der Waals surface area contributed by atoms with Crippen molar-refractivity contribution in [1.29, 1.82) is 0 Å². The van der Waals surface area contributed by atoms with E-state index >= 15 is 0 Å². The molecular weight excluding hydrogens is 383 g/mol. The van der Waals surface area contributed by atoms with Gasteiger partial charge in [0.25, 0.3) is 10.1 Å². The van der Waals surface area contributed by atoms with Crippen LogP contribution in [0.5, 0.6) is 5.75 Å². The maximum atomic E-state index is 11.2. The fourth-order valence-electron chi connectivity index (χ4n) is 2.54. The highest BCUT2D eigenvalue weighted by molar-refractivity contribution is 14.1. The molecule has 1 fully saturated rings. The van der Waals surface area contributed by atoms with Crippen LogP contribution in [-0.4, -0.2) is 45.0 Å². The monoisotopic (exact) mass is 396 g/mol. The summed E-state index contributed by atoms with van der Waals surface area (Å²) in [6.45, 7) is 1.07. The smallest absolute Gasteiger partial charge is 0.264 e. The van der Waals surface area contributed by atoms with Crippen LogP contribution < -0.4 is 9.64 Å². The van der Waals surface area contributed by atoms with E-state index in [0.717, 1.165) is 21.4 Å². The first kappa shape index (κ1) is 13.4. The molecule has 0 radical (unpaired) electrons. The molecule has 0 bridgehead atoms. The van der Waals surface area contributed by atoms with E-state index < -0.39 is 10.1 Å². The Hall–Kier alpha value is -0.610. The van der Waals surface area contributed by atoms with Gasteiger partial charge < -0.3 is 9.64 Å². The summed E-state index contributed by atoms with van der Waals surface area (Å²) < 4.78 is 34.2. The molecule has 0 N–H and O–H groups in total. The zero-order valence-corrected chi connectivity index (χ0v) is 13.2. The lowest BCUT2D eigenvalue weighted by molar-refractivity contribution is 0.218. The molecule has 8 heteroatoms. The van der Waals surface area contributed by atoms with Crippen LogP contribution in [0.4, 0.5) is 5.82 Å². The Kier molecular flexibility index (Phi) is 3.34. The number of hydrogen-bond acceptors (Lipinski definition) is 6. The second-order valence-electron chi connectivity index (χ2n) is 4.72. The summed E-state index contributed by atoms with van der Waals surface area (Å²) in [6.07, 6.45) is 3.13. The molecule has 1 aromatic rings. The first-order chi connectivity index (χ1) is 8.94. The molecule has 0 aromatic carbocycles. The normalized spacial score (nSPS) is 25.7. The summed E-state index contributed by atoms with van der Waals surface area (Å²) in [4.78, 5) is 6.43. The predicted octanol–water partition coefficient (Wildman–Crippen LogP) is 1.00. The third kappa shape index (κ3) is 2.65. The Balaban J connectivity index is 1.86. The standard InChI is InChI=1S/C11H13IN2O4S/c1-19(15,16)18-8-4-7-6-17-10-9(12)2-3-13-11(10)14(7)5-8/h2-3,7-8H,4-6H2,1H3/t7-,8+/m0/s1. The minimum atomic E-state index is -3.43. The van der Waals surface area contributed by atoms with Gasteiger partial charge in [0.05, 0.1) is 22.0 Å². The van der Waals surface area contributed by atoms with Crippen LogP contribution in [0.3, 0.4) is 0 Å². The Labute approximate surface area is 125 Å². The van der Waals surface area contributed by atoms with E-state index in [9.17, 15) is 8.42 Å². The van der Waals surface area contributed by atoms with Crippen molar-refractivity contribution in [1.82, 2.24) is 4.98 Å². The number of aromatic nitrogens is 1. The number of halogens is 1. The molecule has 0 spiro atoms. The molecule has 2 atom stereocenters. The summed E-state index contributed by atoms with van der Waals surface area (Å²) in [7, 11) is -3.43.